The molecule has 0 amide bonds. The third-order valence-corrected chi connectivity index (χ3v) is 3.72. The maximum absolute atomic E-state index is 5.56. The molecule has 2 nitrogen and oxygen atoms in total. The molecule has 0 aromatic rings. The maximum Gasteiger partial charge on any atom is 0.0583 e. The molecule has 1 aliphatic rings. The largest absolute Gasteiger partial charge is 0.378 e. The predicted molar refractivity (Wildman–Crippen MR) is 59.2 cm³/mol. The lowest BCUT2D eigenvalue weighted by atomic mass is 10.2. The molecule has 1 saturated heterocycles. The van der Waals surface area contributed by atoms with E-state index in [0.29, 0.717) is 11.4 Å². The molecule has 0 aliphatic carbocycles. The van der Waals surface area contributed by atoms with Gasteiger partial charge in [0.15, 0.2) is 0 Å². The summed E-state index contributed by atoms with van der Waals surface area (Å²) < 4.78 is 5.56. The van der Waals surface area contributed by atoms with Crippen LogP contribution in [-0.4, -0.2) is 30.3 Å². The first-order valence-electron chi connectivity index (χ1n) is 5.26. The normalized spacial score (nSPS) is 24.9. The van der Waals surface area contributed by atoms with Crippen molar-refractivity contribution in [3.05, 3.63) is 0 Å². The fourth-order valence-electron chi connectivity index (χ4n) is 1.59. The molecule has 2 atom stereocenters. The molecule has 13 heavy (non-hydrogen) atoms. The van der Waals surface area contributed by atoms with Crippen LogP contribution in [0.1, 0.15) is 32.6 Å². The number of ether oxygens (including phenoxy) is 1. The second-order valence-electron chi connectivity index (χ2n) is 3.68. The first kappa shape index (κ1) is 11.3. The van der Waals surface area contributed by atoms with Gasteiger partial charge in [-0.1, -0.05) is 6.92 Å². The van der Waals surface area contributed by atoms with Crippen LogP contribution in [0.3, 0.4) is 0 Å². The van der Waals surface area contributed by atoms with Gasteiger partial charge in [-0.05, 0) is 38.0 Å². The van der Waals surface area contributed by atoms with Gasteiger partial charge in [0.2, 0.25) is 0 Å². The molecule has 1 rings (SSSR count). The molecular weight excluding hydrogens is 182 g/mol. The lowest BCUT2D eigenvalue weighted by molar-refractivity contribution is 0.109. The lowest BCUT2D eigenvalue weighted by Gasteiger charge is -2.12. The van der Waals surface area contributed by atoms with Crippen molar-refractivity contribution in [2.45, 2.75) is 44.0 Å². The molecule has 0 spiro atoms. The first-order valence-corrected chi connectivity index (χ1v) is 6.31. The molecule has 0 aromatic heterocycles. The van der Waals surface area contributed by atoms with Crippen LogP contribution in [0.25, 0.3) is 0 Å². The number of rotatable bonds is 6. The van der Waals surface area contributed by atoms with Gasteiger partial charge in [0.25, 0.3) is 0 Å². The standard InChI is InChI=1S/C10H21NOS/c1-9(4-6-11)13-8-5-10-3-2-7-12-10/h9-10H,2-8,11H2,1H3. The van der Waals surface area contributed by atoms with E-state index in [1.165, 1.54) is 25.0 Å². The van der Waals surface area contributed by atoms with Gasteiger partial charge in [-0.3, -0.25) is 0 Å². The van der Waals surface area contributed by atoms with E-state index in [-0.39, 0.29) is 0 Å². The Morgan fingerprint density at radius 1 is 1.62 bits per heavy atom. The highest BCUT2D eigenvalue weighted by Gasteiger charge is 2.15. The summed E-state index contributed by atoms with van der Waals surface area (Å²) in [6.45, 7) is 4.05. The van der Waals surface area contributed by atoms with Crippen molar-refractivity contribution in [1.29, 1.82) is 0 Å². The number of thioether (sulfide) groups is 1. The van der Waals surface area contributed by atoms with Gasteiger partial charge in [0.05, 0.1) is 6.10 Å². The van der Waals surface area contributed by atoms with Crippen molar-refractivity contribution < 1.29 is 4.74 Å². The quantitative estimate of drug-likeness (QED) is 0.717. The summed E-state index contributed by atoms with van der Waals surface area (Å²) in [4.78, 5) is 0. The van der Waals surface area contributed by atoms with E-state index in [1.54, 1.807) is 0 Å². The van der Waals surface area contributed by atoms with E-state index < -0.39 is 0 Å². The van der Waals surface area contributed by atoms with Crippen LogP contribution in [0.5, 0.6) is 0 Å². The van der Waals surface area contributed by atoms with Crippen LogP contribution in [0.15, 0.2) is 0 Å². The summed E-state index contributed by atoms with van der Waals surface area (Å²) in [5.41, 5.74) is 5.49. The zero-order valence-corrected chi connectivity index (χ0v) is 9.31. The Labute approximate surface area is 85.6 Å². The van der Waals surface area contributed by atoms with Gasteiger partial charge >= 0.3 is 0 Å². The maximum atomic E-state index is 5.56. The van der Waals surface area contributed by atoms with Gasteiger partial charge in [0, 0.05) is 11.9 Å². The van der Waals surface area contributed by atoms with E-state index in [0.717, 1.165) is 19.6 Å². The molecular formula is C10H21NOS. The van der Waals surface area contributed by atoms with Crippen LogP contribution < -0.4 is 5.73 Å². The molecule has 2 unspecified atom stereocenters. The monoisotopic (exact) mass is 203 g/mol. The van der Waals surface area contributed by atoms with Gasteiger partial charge in [-0.25, -0.2) is 0 Å². The molecule has 1 heterocycles. The SMILES string of the molecule is CC(CCN)SCCC1CCCO1. The van der Waals surface area contributed by atoms with Crippen LogP contribution in [-0.2, 0) is 4.74 Å². The van der Waals surface area contributed by atoms with Crippen LogP contribution in [0, 0.1) is 0 Å². The van der Waals surface area contributed by atoms with Crippen molar-refractivity contribution >= 4 is 11.8 Å². The minimum Gasteiger partial charge on any atom is -0.378 e. The average molecular weight is 203 g/mol. The van der Waals surface area contributed by atoms with Gasteiger partial charge in [-0.2, -0.15) is 11.8 Å². The Kier molecular flexibility index (Phi) is 5.83. The van der Waals surface area contributed by atoms with Gasteiger partial charge < -0.3 is 10.5 Å². The zero-order chi connectivity index (χ0) is 9.52. The van der Waals surface area contributed by atoms with Crippen molar-refractivity contribution in [2.24, 2.45) is 5.73 Å². The van der Waals surface area contributed by atoms with Crippen LogP contribution >= 0.6 is 11.8 Å². The number of hydrogen-bond acceptors (Lipinski definition) is 3. The minimum absolute atomic E-state index is 0.553. The van der Waals surface area contributed by atoms with Crippen molar-refractivity contribution in [1.82, 2.24) is 0 Å². The van der Waals surface area contributed by atoms with Gasteiger partial charge in [0.1, 0.15) is 0 Å². The molecule has 78 valence electrons. The molecule has 0 saturated carbocycles. The third-order valence-electron chi connectivity index (χ3n) is 2.44. The zero-order valence-electron chi connectivity index (χ0n) is 8.50. The molecule has 0 radical (unpaired) electrons. The molecule has 3 heteroatoms. The van der Waals surface area contributed by atoms with Crippen molar-refractivity contribution in [2.75, 3.05) is 18.9 Å². The smallest absolute Gasteiger partial charge is 0.0583 e. The fraction of sp³-hybridized carbons (Fsp3) is 1.00. The highest BCUT2D eigenvalue weighted by molar-refractivity contribution is 7.99. The van der Waals surface area contributed by atoms with Gasteiger partial charge in [-0.15, -0.1) is 0 Å². The summed E-state index contributed by atoms with van der Waals surface area (Å²) in [5, 5.41) is 0.714. The molecule has 1 fully saturated rings. The Morgan fingerprint density at radius 3 is 3.08 bits per heavy atom. The Morgan fingerprint density at radius 2 is 2.46 bits per heavy atom. The topological polar surface area (TPSA) is 35.2 Å². The van der Waals surface area contributed by atoms with E-state index in [1.807, 2.05) is 11.8 Å². The van der Waals surface area contributed by atoms with Crippen LogP contribution in [0.4, 0.5) is 0 Å². The summed E-state index contributed by atoms with van der Waals surface area (Å²) in [6.07, 6.45) is 5.44. The van der Waals surface area contributed by atoms with Crippen LogP contribution in [0.2, 0.25) is 0 Å². The summed E-state index contributed by atoms with van der Waals surface area (Å²) in [5.74, 6) is 1.23. The second kappa shape index (κ2) is 6.68. The number of hydrogen-bond donors (Lipinski definition) is 1. The van der Waals surface area contributed by atoms with E-state index in [2.05, 4.69) is 6.92 Å². The van der Waals surface area contributed by atoms with Crippen molar-refractivity contribution in [3.63, 3.8) is 0 Å². The second-order valence-corrected chi connectivity index (χ2v) is 5.23. The molecule has 1 aliphatic heterocycles. The average Bonchev–Trinajstić information content (AvgIpc) is 2.57. The number of nitrogens with two attached hydrogens (primary N) is 1. The summed E-state index contributed by atoms with van der Waals surface area (Å²) in [6, 6.07) is 0. The third kappa shape index (κ3) is 4.89. The predicted octanol–water partition coefficient (Wildman–Crippen LogP) is 2.03. The summed E-state index contributed by atoms with van der Waals surface area (Å²) in [7, 11) is 0. The fourth-order valence-corrected chi connectivity index (χ4v) is 2.69. The molecule has 2 N–H and O–H groups in total. The highest BCUT2D eigenvalue weighted by Crippen LogP contribution is 2.20. The lowest BCUT2D eigenvalue weighted by Crippen LogP contribution is -2.10. The summed E-state index contributed by atoms with van der Waals surface area (Å²) >= 11 is 2.03. The minimum atomic E-state index is 0.553. The van der Waals surface area contributed by atoms with E-state index in [9.17, 15) is 0 Å². The molecule has 0 bridgehead atoms. The Bertz CT molecular complexity index is 126. The van der Waals surface area contributed by atoms with Crippen molar-refractivity contribution in [3.8, 4) is 0 Å². The van der Waals surface area contributed by atoms with E-state index >= 15 is 0 Å². The van der Waals surface area contributed by atoms with E-state index in [4.69, 9.17) is 10.5 Å². The Hall–Kier alpha value is 0.270. The first-order chi connectivity index (χ1) is 6.33. The molecule has 0 aromatic carbocycles. The Balaban J connectivity index is 1.93. The highest BCUT2D eigenvalue weighted by atomic mass is 32.2.